The Kier molecular flexibility index (Phi) is 2.43. The van der Waals surface area contributed by atoms with Crippen molar-refractivity contribution in [2.75, 3.05) is 12.3 Å². The first kappa shape index (κ1) is 9.48. The molecule has 0 unspecified atom stereocenters. The van der Waals surface area contributed by atoms with Gasteiger partial charge in [0, 0.05) is 18.3 Å². The maximum atomic E-state index is 8.85. The van der Waals surface area contributed by atoms with Crippen molar-refractivity contribution < 1.29 is 5.11 Å². The van der Waals surface area contributed by atoms with E-state index in [0.29, 0.717) is 12.1 Å². The van der Waals surface area contributed by atoms with Crippen LogP contribution in [0.15, 0.2) is 22.9 Å². The predicted octanol–water partition coefficient (Wildman–Crippen LogP) is 1.21. The number of nitrogen functional groups attached to an aromatic ring is 1. The van der Waals surface area contributed by atoms with Crippen LogP contribution in [0.5, 0.6) is 0 Å². The molecule has 0 saturated heterocycles. The zero-order valence-electron chi connectivity index (χ0n) is 7.44. The third-order valence-electron chi connectivity index (χ3n) is 2.03. The van der Waals surface area contributed by atoms with Gasteiger partial charge in [-0.2, -0.15) is 0 Å². The summed E-state index contributed by atoms with van der Waals surface area (Å²) < 4.78 is 2.67. The highest BCUT2D eigenvalue weighted by Gasteiger charge is 2.07. The molecule has 0 atom stereocenters. The first-order valence-electron chi connectivity index (χ1n) is 4.25. The normalized spacial score (nSPS) is 11.0. The largest absolute Gasteiger partial charge is 0.399 e. The topological polar surface area (TPSA) is 63.5 Å². The van der Waals surface area contributed by atoms with Gasteiger partial charge in [0.15, 0.2) is 0 Å². The van der Waals surface area contributed by atoms with Gasteiger partial charge in [0.25, 0.3) is 0 Å². The minimum Gasteiger partial charge on any atom is -0.399 e. The molecule has 14 heavy (non-hydrogen) atoms. The molecule has 0 spiro atoms. The van der Waals surface area contributed by atoms with Crippen LogP contribution in [0, 0.1) is 0 Å². The Morgan fingerprint density at radius 3 is 3.07 bits per heavy atom. The summed E-state index contributed by atoms with van der Waals surface area (Å²) in [6.45, 7) is 0.0932. The molecule has 3 N–H and O–H groups in total. The number of pyridine rings is 1. The lowest BCUT2D eigenvalue weighted by molar-refractivity contribution is 0.296. The number of aliphatic hydroxyl groups is 1. The molecular formula is C9H10BrN3O. The number of rotatable bonds is 2. The number of nitrogens with two attached hydrogens (primary N) is 1. The second kappa shape index (κ2) is 3.59. The van der Waals surface area contributed by atoms with Crippen LogP contribution >= 0.6 is 15.9 Å². The van der Waals surface area contributed by atoms with E-state index >= 15 is 0 Å². The number of anilines is 1. The van der Waals surface area contributed by atoms with Crippen molar-refractivity contribution >= 4 is 27.1 Å². The van der Waals surface area contributed by atoms with Gasteiger partial charge in [-0.15, -0.1) is 0 Å². The van der Waals surface area contributed by atoms with Crippen LogP contribution in [0.1, 0.15) is 5.82 Å². The van der Waals surface area contributed by atoms with Gasteiger partial charge >= 0.3 is 0 Å². The van der Waals surface area contributed by atoms with Crippen LogP contribution < -0.4 is 5.73 Å². The maximum absolute atomic E-state index is 8.85. The molecule has 4 nitrogen and oxygen atoms in total. The third kappa shape index (κ3) is 1.49. The average Bonchev–Trinajstić information content (AvgIpc) is 2.44. The molecule has 0 saturated carbocycles. The average molecular weight is 256 g/mol. The van der Waals surface area contributed by atoms with Crippen molar-refractivity contribution in [3.05, 3.63) is 28.8 Å². The summed E-state index contributed by atoms with van der Waals surface area (Å²) in [6, 6.07) is 3.65. The Labute approximate surface area is 89.5 Å². The molecule has 0 aliphatic rings. The molecule has 0 aliphatic heterocycles. The van der Waals surface area contributed by atoms with Gasteiger partial charge in [-0.1, -0.05) is 0 Å². The molecule has 0 aliphatic carbocycles. The minimum absolute atomic E-state index is 0.0932. The van der Waals surface area contributed by atoms with Crippen molar-refractivity contribution in [3.8, 4) is 0 Å². The van der Waals surface area contributed by atoms with Gasteiger partial charge < -0.3 is 15.2 Å². The number of imidazole rings is 1. The Morgan fingerprint density at radius 2 is 2.36 bits per heavy atom. The summed E-state index contributed by atoms with van der Waals surface area (Å²) in [5.74, 6) is 0.828. The van der Waals surface area contributed by atoms with Crippen molar-refractivity contribution in [2.24, 2.45) is 0 Å². The number of aromatic nitrogens is 2. The van der Waals surface area contributed by atoms with E-state index in [-0.39, 0.29) is 6.61 Å². The van der Waals surface area contributed by atoms with Crippen molar-refractivity contribution in [1.82, 2.24) is 9.38 Å². The van der Waals surface area contributed by atoms with E-state index in [1.807, 2.05) is 22.7 Å². The summed E-state index contributed by atoms with van der Waals surface area (Å²) >= 11 is 3.35. The smallest absolute Gasteiger partial charge is 0.132 e. The van der Waals surface area contributed by atoms with E-state index in [9.17, 15) is 0 Å². The van der Waals surface area contributed by atoms with Crippen LogP contribution in [0.25, 0.3) is 5.52 Å². The molecule has 0 bridgehead atoms. The quantitative estimate of drug-likeness (QED) is 0.848. The minimum atomic E-state index is 0.0932. The number of aliphatic hydroxyl groups excluding tert-OH is 1. The molecule has 5 heteroatoms. The number of halogens is 1. The first-order chi connectivity index (χ1) is 6.72. The molecule has 2 aromatic heterocycles. The first-order valence-corrected chi connectivity index (χ1v) is 5.04. The number of hydrogen-bond acceptors (Lipinski definition) is 3. The van der Waals surface area contributed by atoms with Crippen molar-refractivity contribution in [3.63, 3.8) is 0 Å². The molecule has 0 fully saturated rings. The molecule has 74 valence electrons. The van der Waals surface area contributed by atoms with E-state index in [1.165, 1.54) is 0 Å². The fraction of sp³-hybridized carbons (Fsp3) is 0.222. The van der Waals surface area contributed by atoms with Crippen molar-refractivity contribution in [2.45, 2.75) is 6.42 Å². The molecule has 2 heterocycles. The van der Waals surface area contributed by atoms with Gasteiger partial charge in [0.2, 0.25) is 0 Å². The van der Waals surface area contributed by atoms with Gasteiger partial charge in [0.1, 0.15) is 10.4 Å². The van der Waals surface area contributed by atoms with Gasteiger partial charge in [-0.3, -0.25) is 0 Å². The van der Waals surface area contributed by atoms with Crippen molar-refractivity contribution in [1.29, 1.82) is 0 Å². The summed E-state index contributed by atoms with van der Waals surface area (Å²) in [6.07, 6.45) is 2.39. The second-order valence-corrected chi connectivity index (χ2v) is 3.76. The van der Waals surface area contributed by atoms with Gasteiger partial charge in [-0.05, 0) is 28.1 Å². The monoisotopic (exact) mass is 255 g/mol. The Bertz CT molecular complexity index is 466. The number of fused-ring (bicyclic) bond motifs is 1. The van der Waals surface area contributed by atoms with Crippen LogP contribution in [-0.2, 0) is 6.42 Å². The Balaban J connectivity index is 2.65. The fourth-order valence-electron chi connectivity index (χ4n) is 1.40. The predicted molar refractivity (Wildman–Crippen MR) is 58.1 cm³/mol. The zero-order chi connectivity index (χ0) is 10.1. The van der Waals surface area contributed by atoms with Crippen LogP contribution in [0.2, 0.25) is 0 Å². The van der Waals surface area contributed by atoms with E-state index in [0.717, 1.165) is 15.9 Å². The SMILES string of the molecule is Nc1ccn2c(CCO)nc(Br)c2c1. The molecule has 2 aromatic rings. The highest BCUT2D eigenvalue weighted by atomic mass is 79.9. The molecule has 0 radical (unpaired) electrons. The lowest BCUT2D eigenvalue weighted by Gasteiger charge is -1.99. The van der Waals surface area contributed by atoms with E-state index in [4.69, 9.17) is 10.8 Å². The Hall–Kier alpha value is -1.07. The Morgan fingerprint density at radius 1 is 1.57 bits per heavy atom. The van der Waals surface area contributed by atoms with Gasteiger partial charge in [0.05, 0.1) is 12.1 Å². The fourth-order valence-corrected chi connectivity index (χ4v) is 1.91. The highest BCUT2D eigenvalue weighted by Crippen LogP contribution is 2.21. The summed E-state index contributed by atoms with van der Waals surface area (Å²) in [7, 11) is 0. The highest BCUT2D eigenvalue weighted by molar-refractivity contribution is 9.10. The molecule has 0 aromatic carbocycles. The van der Waals surface area contributed by atoms with Gasteiger partial charge in [-0.25, -0.2) is 4.98 Å². The maximum Gasteiger partial charge on any atom is 0.132 e. The summed E-state index contributed by atoms with van der Waals surface area (Å²) in [4.78, 5) is 4.28. The standard InChI is InChI=1S/C9H10BrN3O/c10-9-7-5-6(11)1-3-13(7)8(12-9)2-4-14/h1,3,5,14H,2,4,11H2. The summed E-state index contributed by atoms with van der Waals surface area (Å²) in [5.41, 5.74) is 7.29. The zero-order valence-corrected chi connectivity index (χ0v) is 9.03. The summed E-state index contributed by atoms with van der Waals surface area (Å²) in [5, 5.41) is 8.85. The van der Waals surface area contributed by atoms with E-state index < -0.39 is 0 Å². The second-order valence-electron chi connectivity index (χ2n) is 3.01. The lowest BCUT2D eigenvalue weighted by atomic mass is 10.3. The molecule has 0 amide bonds. The van der Waals surface area contributed by atoms with Crippen LogP contribution in [0.3, 0.4) is 0 Å². The third-order valence-corrected chi connectivity index (χ3v) is 2.61. The molecular weight excluding hydrogens is 246 g/mol. The molecule has 2 rings (SSSR count). The van der Waals surface area contributed by atoms with Crippen LogP contribution in [0.4, 0.5) is 5.69 Å². The number of hydrogen-bond donors (Lipinski definition) is 2. The van der Waals surface area contributed by atoms with E-state index in [2.05, 4.69) is 20.9 Å². The van der Waals surface area contributed by atoms with Crippen LogP contribution in [-0.4, -0.2) is 21.1 Å². The number of nitrogens with zero attached hydrogens (tertiary/aromatic N) is 2. The lowest BCUT2D eigenvalue weighted by Crippen LogP contribution is -1.98. The van der Waals surface area contributed by atoms with E-state index in [1.54, 1.807) is 0 Å².